The Morgan fingerprint density at radius 1 is 0.647 bits per heavy atom. The minimum atomic E-state index is -0.208. The number of unbranched alkanes of at least 4 members (excludes halogenated alkanes) is 3. The number of ketones is 1. The second-order valence-electron chi connectivity index (χ2n) is 11.0. The molecule has 0 aliphatic heterocycles. The number of benzene rings is 4. The van der Waals surface area contributed by atoms with E-state index in [4.69, 9.17) is 38.1 Å². The molecule has 0 aliphatic rings. The molecule has 51 heavy (non-hydrogen) atoms. The van der Waals surface area contributed by atoms with Gasteiger partial charge in [-0.3, -0.25) is 4.79 Å². The minimum Gasteiger partial charge on any atom is -0.493 e. The fraction of sp³-hybridized carbons (Fsp3) is 0.317. The number of hydrogen-bond donors (Lipinski definition) is 0. The predicted octanol–water partition coefficient (Wildman–Crippen LogP) is 9.95. The number of thiazole rings is 1. The first-order valence-corrected chi connectivity index (χ1v) is 17.8. The lowest BCUT2D eigenvalue weighted by Gasteiger charge is -2.13. The first kappa shape index (κ1) is 38.6. The molecular weight excluding hydrogens is 667 g/mol. The summed E-state index contributed by atoms with van der Waals surface area (Å²) in [6.07, 6.45) is 6.99. The molecule has 9 nitrogen and oxygen atoms in total. The number of carbonyl (C=O) groups is 1. The van der Waals surface area contributed by atoms with Crippen molar-refractivity contribution in [3.05, 3.63) is 90.0 Å². The lowest BCUT2D eigenvalue weighted by molar-refractivity contribution is 0.104. The van der Waals surface area contributed by atoms with Gasteiger partial charge in [-0.05, 0) is 91.9 Å². The maximum Gasteiger partial charge on any atom is 0.203 e. The van der Waals surface area contributed by atoms with Crippen LogP contribution in [0, 0.1) is 0 Å². The van der Waals surface area contributed by atoms with Gasteiger partial charge in [-0.25, -0.2) is 4.98 Å². The molecule has 0 amide bonds. The van der Waals surface area contributed by atoms with Crippen LogP contribution in [0.4, 0.5) is 0 Å². The number of hydrogen-bond acceptors (Lipinski definition) is 10. The number of rotatable bonds is 18. The molecule has 0 fully saturated rings. The van der Waals surface area contributed by atoms with Crippen LogP contribution in [0.1, 0.15) is 55.5 Å². The van der Waals surface area contributed by atoms with Gasteiger partial charge < -0.3 is 33.2 Å². The topological polar surface area (TPSA) is 94.6 Å². The lowest BCUT2D eigenvalue weighted by atomic mass is 10.1. The van der Waals surface area contributed by atoms with Crippen LogP contribution in [0.25, 0.3) is 26.9 Å². The van der Waals surface area contributed by atoms with Crippen molar-refractivity contribution in [2.24, 2.45) is 0 Å². The fourth-order valence-corrected chi connectivity index (χ4v) is 6.20. The molecule has 5 rings (SSSR count). The van der Waals surface area contributed by atoms with E-state index >= 15 is 0 Å². The number of allylic oxidation sites excluding steroid dienone is 1. The summed E-state index contributed by atoms with van der Waals surface area (Å²) in [6, 6.07) is 22.9. The number of aromatic nitrogens is 1. The summed E-state index contributed by atoms with van der Waals surface area (Å²) in [6.45, 7) is 5.12. The molecule has 0 spiro atoms. The molecule has 1 aromatic heterocycles. The molecule has 1 heterocycles. The molecule has 0 N–H and O–H groups in total. The van der Waals surface area contributed by atoms with E-state index in [0.717, 1.165) is 52.0 Å². The fourth-order valence-electron chi connectivity index (χ4n) is 5.24. The van der Waals surface area contributed by atoms with Crippen LogP contribution in [0.2, 0.25) is 0 Å². The Kier molecular flexibility index (Phi) is 15.0. The van der Waals surface area contributed by atoms with Crippen molar-refractivity contribution in [2.45, 2.75) is 39.5 Å². The average molecular weight is 714 g/mol. The molecular formula is C41H47NO8S. The number of carbonyl (C=O) groups excluding carboxylic acids is 1. The summed E-state index contributed by atoms with van der Waals surface area (Å²) >= 11 is 1.66. The molecule has 4 aromatic carbocycles. The van der Waals surface area contributed by atoms with Gasteiger partial charge in [0.2, 0.25) is 5.75 Å². The highest BCUT2D eigenvalue weighted by molar-refractivity contribution is 7.21. The van der Waals surface area contributed by atoms with Crippen LogP contribution in [0.3, 0.4) is 0 Å². The average Bonchev–Trinajstić information content (AvgIpc) is 3.62. The number of ether oxygens (including phenoxy) is 7. The highest BCUT2D eigenvalue weighted by atomic mass is 32.1. The summed E-state index contributed by atoms with van der Waals surface area (Å²) in [7, 11) is 7.80. The van der Waals surface area contributed by atoms with Crippen LogP contribution >= 0.6 is 11.3 Å². The number of para-hydroxylation sites is 1. The molecule has 0 radical (unpaired) electrons. The van der Waals surface area contributed by atoms with Crippen LogP contribution in [-0.4, -0.2) is 59.5 Å². The van der Waals surface area contributed by atoms with Crippen LogP contribution in [0.15, 0.2) is 78.9 Å². The van der Waals surface area contributed by atoms with Crippen LogP contribution < -0.4 is 33.2 Å². The Morgan fingerprint density at radius 2 is 1.24 bits per heavy atom. The zero-order valence-electron chi connectivity index (χ0n) is 30.4. The minimum absolute atomic E-state index is 0.208. The van der Waals surface area contributed by atoms with Gasteiger partial charge in [0.05, 0.1) is 59.0 Å². The standard InChI is InChI=1S/C39H41NO8S.C2H6/c1-42-31-18-15-26(14-17-30(41)28-24-35(44-3)38(46-5)36(25-28)45-4)22-33(31)47-20-10-6-7-11-21-48-34-23-27(16-19-32(34)43-2)39-40-29-12-8-9-13-37(29)49-39;1-2/h8-9,12-19,22-25H,6-7,10-11,20-21H2,1-5H3;1-2H3/b17-14+;. The number of methoxy groups -OCH3 is 5. The van der Waals surface area contributed by atoms with Crippen LogP contribution in [-0.2, 0) is 0 Å². The van der Waals surface area contributed by atoms with E-state index in [1.54, 1.807) is 43.8 Å². The van der Waals surface area contributed by atoms with Crippen molar-refractivity contribution in [1.29, 1.82) is 0 Å². The zero-order valence-corrected chi connectivity index (χ0v) is 31.3. The summed E-state index contributed by atoms with van der Waals surface area (Å²) in [5.74, 6) is 3.72. The summed E-state index contributed by atoms with van der Waals surface area (Å²) in [4.78, 5) is 17.8. The van der Waals surface area contributed by atoms with E-state index in [1.165, 1.54) is 27.4 Å². The SMILES string of the molecule is CC.COc1ccc(/C=C/C(=O)c2cc(OC)c(OC)c(OC)c2)cc1OCCCCCCOc1cc(-c2nc3ccccc3s2)ccc1OC. The normalized spacial score (nSPS) is 10.7. The molecule has 0 aliphatic carbocycles. The van der Waals surface area contributed by atoms with Gasteiger partial charge in [0.15, 0.2) is 40.3 Å². The second kappa shape index (κ2) is 19.8. The number of nitrogens with zero attached hydrogens (tertiary/aromatic N) is 1. The Labute approximate surface area is 304 Å². The van der Waals surface area contributed by atoms with Gasteiger partial charge in [-0.2, -0.15) is 0 Å². The predicted molar refractivity (Wildman–Crippen MR) is 205 cm³/mol. The van der Waals surface area contributed by atoms with Crippen molar-refractivity contribution in [1.82, 2.24) is 4.98 Å². The Hall–Kier alpha value is -5.22. The van der Waals surface area contributed by atoms with Gasteiger partial charge >= 0.3 is 0 Å². The van der Waals surface area contributed by atoms with E-state index < -0.39 is 0 Å². The molecule has 10 heteroatoms. The van der Waals surface area contributed by atoms with E-state index in [1.807, 2.05) is 68.4 Å². The Balaban J connectivity index is 0.00000286. The third-order valence-corrected chi connectivity index (χ3v) is 8.91. The van der Waals surface area contributed by atoms with Gasteiger partial charge in [-0.1, -0.05) is 38.1 Å². The van der Waals surface area contributed by atoms with Gasteiger partial charge in [0, 0.05) is 11.1 Å². The maximum absolute atomic E-state index is 13.0. The maximum atomic E-state index is 13.0. The zero-order chi connectivity index (χ0) is 36.6. The van der Waals surface area contributed by atoms with E-state index in [0.29, 0.717) is 59.0 Å². The molecule has 0 atom stereocenters. The molecule has 5 aromatic rings. The molecule has 0 saturated carbocycles. The van der Waals surface area contributed by atoms with Gasteiger partial charge in [0.1, 0.15) is 5.01 Å². The van der Waals surface area contributed by atoms with Crippen molar-refractivity contribution in [3.63, 3.8) is 0 Å². The van der Waals surface area contributed by atoms with Crippen molar-refractivity contribution >= 4 is 33.4 Å². The third-order valence-electron chi connectivity index (χ3n) is 7.82. The number of fused-ring (bicyclic) bond motifs is 1. The van der Waals surface area contributed by atoms with Crippen molar-refractivity contribution < 1.29 is 38.0 Å². The first-order valence-electron chi connectivity index (χ1n) is 17.0. The highest BCUT2D eigenvalue weighted by Gasteiger charge is 2.16. The monoisotopic (exact) mass is 713 g/mol. The van der Waals surface area contributed by atoms with Gasteiger partial charge in [-0.15, -0.1) is 11.3 Å². The van der Waals surface area contributed by atoms with E-state index in [9.17, 15) is 4.79 Å². The van der Waals surface area contributed by atoms with Gasteiger partial charge in [0.25, 0.3) is 0 Å². The second-order valence-corrected chi connectivity index (χ2v) is 12.0. The molecule has 0 unspecified atom stereocenters. The summed E-state index contributed by atoms with van der Waals surface area (Å²) < 4.78 is 40.5. The summed E-state index contributed by atoms with van der Waals surface area (Å²) in [5, 5.41) is 0.955. The molecule has 270 valence electrons. The molecule has 0 saturated heterocycles. The van der Waals surface area contributed by atoms with Crippen molar-refractivity contribution in [3.8, 4) is 50.8 Å². The quantitative estimate of drug-likeness (QED) is 0.0500. The Bertz CT molecular complexity index is 1840. The molecule has 0 bridgehead atoms. The largest absolute Gasteiger partial charge is 0.493 e. The smallest absolute Gasteiger partial charge is 0.203 e. The lowest BCUT2D eigenvalue weighted by Crippen LogP contribution is -2.02. The summed E-state index contributed by atoms with van der Waals surface area (Å²) in [5.41, 5.74) is 3.22. The first-order chi connectivity index (χ1) is 25.0. The van der Waals surface area contributed by atoms with Crippen LogP contribution in [0.5, 0.6) is 40.2 Å². The van der Waals surface area contributed by atoms with E-state index in [2.05, 4.69) is 6.07 Å². The third kappa shape index (κ3) is 10.2. The Morgan fingerprint density at radius 3 is 1.82 bits per heavy atom. The van der Waals surface area contributed by atoms with E-state index in [-0.39, 0.29) is 5.78 Å². The van der Waals surface area contributed by atoms with Crippen molar-refractivity contribution in [2.75, 3.05) is 48.8 Å². The highest BCUT2D eigenvalue weighted by Crippen LogP contribution is 2.39.